The number of pyridine rings is 1. The molecule has 0 aliphatic carbocycles. The Labute approximate surface area is 296 Å². The molecule has 0 fully saturated rings. The predicted molar refractivity (Wildman–Crippen MR) is 196 cm³/mol. The van der Waals surface area contributed by atoms with Crippen LogP contribution in [0.5, 0.6) is 11.5 Å². The van der Waals surface area contributed by atoms with Gasteiger partial charge in [-0.2, -0.15) is 0 Å². The monoisotopic (exact) mass is 822 g/mol. The second-order valence-electron chi connectivity index (χ2n) is 12.7. The van der Waals surface area contributed by atoms with Gasteiger partial charge in [-0.3, -0.25) is 0 Å². The second kappa shape index (κ2) is 10.3. The Morgan fingerprint density at radius 2 is 1.28 bits per heavy atom. The summed E-state index contributed by atoms with van der Waals surface area (Å²) in [6.45, 7) is 0. The van der Waals surface area contributed by atoms with Gasteiger partial charge in [0.15, 0.2) is 0 Å². The zero-order chi connectivity index (χ0) is 33.1. The average molecular weight is 823 g/mol. The molecule has 0 bridgehead atoms. The van der Waals surface area contributed by atoms with E-state index in [1.165, 1.54) is 38.1 Å². The number of rotatable bonds is 4. The molecule has 7 heteroatoms. The van der Waals surface area contributed by atoms with Crippen molar-refractivity contribution in [2.75, 3.05) is 0 Å². The summed E-state index contributed by atoms with van der Waals surface area (Å²) < 4.78 is 16.6. The summed E-state index contributed by atoms with van der Waals surface area (Å²) in [5.41, 5.74) is 8.81. The molecule has 240 valence electrons. The Bertz CT molecular complexity index is 3220. The van der Waals surface area contributed by atoms with E-state index in [2.05, 4.69) is 148 Å². The van der Waals surface area contributed by atoms with Gasteiger partial charge in [0.25, 0.3) is 0 Å². The summed E-state index contributed by atoms with van der Waals surface area (Å²) in [5, 5.41) is 7.28. The molecule has 0 amide bonds. The molecule has 5 heterocycles. The van der Waals surface area contributed by atoms with Gasteiger partial charge in [0.05, 0.1) is 16.6 Å². The number of ether oxygens (including phenoxy) is 1. The van der Waals surface area contributed by atoms with Crippen molar-refractivity contribution in [3.05, 3.63) is 150 Å². The molecular weight excluding hydrogens is 798 g/mol. The zero-order valence-electron chi connectivity index (χ0n) is 26.7. The first-order valence-corrected chi connectivity index (χ1v) is 17.6. The van der Waals surface area contributed by atoms with Crippen LogP contribution in [0.4, 0.5) is 0 Å². The van der Waals surface area contributed by atoms with Crippen LogP contribution >= 0.6 is 0 Å². The first-order valence-electron chi connectivity index (χ1n) is 16.5. The molecule has 0 radical (unpaired) electrons. The number of nitrogens with zero attached hydrogens (tertiary/aromatic N) is 5. The molecule has 0 aliphatic heterocycles. The van der Waals surface area contributed by atoms with E-state index in [1.807, 2.05) is 42.6 Å². The Balaban J connectivity index is 1.12. The fourth-order valence-corrected chi connectivity index (χ4v) is 8.68. The van der Waals surface area contributed by atoms with E-state index in [4.69, 9.17) is 9.72 Å². The van der Waals surface area contributed by atoms with Crippen LogP contribution < -0.4 is 4.74 Å². The van der Waals surface area contributed by atoms with E-state index >= 15 is 0 Å². The van der Waals surface area contributed by atoms with E-state index in [0.717, 1.165) is 48.1 Å². The standard InChI is InChI=1S/C43H25N5O.Pt/c1-45-26-46(38-17-5-4-16-37(38)45)27-10-8-11-28(22-27)49-29-19-20-31-34-24-35-33-14-9-13-32-30-12-2-3-15-36(30)48(43(32)33)41(35)25-40(34)47(39(31)23-29)42-18-6-7-21-44-42;/h2-21,24-25H,1H3;/q-2;. The molecule has 0 N–H and O–H groups in total. The summed E-state index contributed by atoms with van der Waals surface area (Å²) in [5.74, 6) is 2.06. The fourth-order valence-electron chi connectivity index (χ4n) is 7.86. The normalized spacial score (nSPS) is 12.2. The van der Waals surface area contributed by atoms with Crippen LogP contribution in [-0.4, -0.2) is 23.1 Å². The number of para-hydroxylation sites is 4. The SMILES string of the molecule is Cn1[c](=[Pt])n(-c2[c-]c(Oc3[c-]c4c(cc3)c3cc5c6cccc7c8ccccc8n(c5cc3n4-c3ccccn3)c76)ccc2)c2ccccc21. The first-order chi connectivity index (χ1) is 24.6. The van der Waals surface area contributed by atoms with Crippen molar-refractivity contribution in [2.45, 2.75) is 0 Å². The van der Waals surface area contributed by atoms with E-state index in [1.54, 1.807) is 0 Å². The van der Waals surface area contributed by atoms with Crippen molar-refractivity contribution in [3.8, 4) is 23.0 Å². The van der Waals surface area contributed by atoms with Crippen LogP contribution in [0.25, 0.3) is 82.4 Å². The van der Waals surface area contributed by atoms with Gasteiger partial charge in [-0.25, -0.2) is 0 Å². The van der Waals surface area contributed by atoms with Gasteiger partial charge in [0.1, 0.15) is 0 Å². The van der Waals surface area contributed by atoms with Crippen molar-refractivity contribution in [1.29, 1.82) is 0 Å². The minimum atomic E-state index is 0.611. The van der Waals surface area contributed by atoms with Crippen molar-refractivity contribution >= 4 is 70.9 Å². The topological polar surface area (TPSA) is 41.3 Å². The van der Waals surface area contributed by atoms with Crippen LogP contribution in [0.1, 0.15) is 0 Å². The summed E-state index contributed by atoms with van der Waals surface area (Å²) >= 11 is 2.37. The minimum absolute atomic E-state index is 0.611. The number of aromatic nitrogens is 5. The number of fused-ring (bicyclic) bond motifs is 10. The third-order valence-electron chi connectivity index (χ3n) is 10.00. The van der Waals surface area contributed by atoms with Crippen molar-refractivity contribution in [2.24, 2.45) is 7.05 Å². The van der Waals surface area contributed by atoms with Gasteiger partial charge in [-0.15, -0.1) is 0 Å². The van der Waals surface area contributed by atoms with E-state index in [-0.39, 0.29) is 0 Å². The van der Waals surface area contributed by atoms with Crippen LogP contribution in [0.3, 0.4) is 0 Å². The molecule has 0 saturated carbocycles. The molecule has 11 rings (SSSR count). The zero-order valence-corrected chi connectivity index (χ0v) is 28.9. The van der Waals surface area contributed by atoms with Crippen molar-refractivity contribution in [1.82, 2.24) is 23.1 Å². The maximum atomic E-state index is 6.53. The first kappa shape index (κ1) is 27.9. The van der Waals surface area contributed by atoms with Crippen LogP contribution in [-0.2, 0) is 26.4 Å². The molecule has 6 aromatic carbocycles. The van der Waals surface area contributed by atoms with Gasteiger partial charge < -0.3 is 4.40 Å². The third kappa shape index (κ3) is 3.77. The number of imidazole rings is 1. The van der Waals surface area contributed by atoms with Crippen LogP contribution in [0, 0.1) is 15.9 Å². The van der Waals surface area contributed by atoms with Crippen LogP contribution in [0.2, 0.25) is 0 Å². The summed E-state index contributed by atoms with van der Waals surface area (Å²) in [4.78, 5) is 4.81. The Morgan fingerprint density at radius 3 is 2.14 bits per heavy atom. The van der Waals surface area contributed by atoms with Crippen LogP contribution in [0.15, 0.2) is 134 Å². The van der Waals surface area contributed by atoms with E-state index in [0.29, 0.717) is 11.5 Å². The van der Waals surface area contributed by atoms with Crippen molar-refractivity contribution in [3.63, 3.8) is 0 Å². The Kier molecular flexibility index (Phi) is 5.74. The summed E-state index contributed by atoms with van der Waals surface area (Å²) in [6.07, 6.45) is 1.84. The van der Waals surface area contributed by atoms with Gasteiger partial charge >= 0.3 is 194 Å². The Hall–Kier alpha value is -5.97. The average Bonchev–Trinajstić information content (AvgIpc) is 3.85. The predicted octanol–water partition coefficient (Wildman–Crippen LogP) is 10.1. The number of hydrogen-bond acceptors (Lipinski definition) is 2. The third-order valence-corrected chi connectivity index (χ3v) is 11.3. The second-order valence-corrected chi connectivity index (χ2v) is 13.7. The number of hydrogen-bond donors (Lipinski definition) is 0. The van der Waals surface area contributed by atoms with Gasteiger partial charge in [0.2, 0.25) is 0 Å². The molecule has 0 unspecified atom stereocenters. The van der Waals surface area contributed by atoms with E-state index < -0.39 is 0 Å². The van der Waals surface area contributed by atoms with E-state index in [9.17, 15) is 0 Å². The molecular formula is C43H25N5OPt-2. The van der Waals surface area contributed by atoms with Crippen molar-refractivity contribution < 1.29 is 24.1 Å². The summed E-state index contributed by atoms with van der Waals surface area (Å²) in [6, 6.07) is 51.7. The molecule has 5 aromatic heterocycles. The van der Waals surface area contributed by atoms with Gasteiger partial charge in [0, 0.05) is 27.7 Å². The molecule has 50 heavy (non-hydrogen) atoms. The number of benzene rings is 6. The quantitative estimate of drug-likeness (QED) is 0.166. The number of aryl methyl sites for hydroxylation is 1. The fraction of sp³-hybridized carbons (Fsp3) is 0.0233. The molecule has 6 nitrogen and oxygen atoms in total. The molecule has 0 atom stereocenters. The Morgan fingerprint density at radius 1 is 0.560 bits per heavy atom. The molecule has 0 saturated heterocycles. The summed E-state index contributed by atoms with van der Waals surface area (Å²) in [7, 11) is 2.08. The van der Waals surface area contributed by atoms with Gasteiger partial charge in [-0.05, 0) is 12.1 Å². The molecule has 0 spiro atoms. The molecule has 11 aromatic rings. The maximum absolute atomic E-state index is 6.53. The molecule has 0 aliphatic rings. The van der Waals surface area contributed by atoms with Gasteiger partial charge in [-0.1, -0.05) is 42.5 Å².